The number of aryl methyl sites for hydroxylation is 2. The molecule has 1 fully saturated rings. The van der Waals surface area contributed by atoms with Gasteiger partial charge in [0.05, 0.1) is 5.56 Å². The van der Waals surface area contributed by atoms with E-state index in [2.05, 4.69) is 19.9 Å². The third-order valence-electron chi connectivity index (χ3n) is 5.81. The molecule has 0 saturated carbocycles. The Labute approximate surface area is 203 Å². The van der Waals surface area contributed by atoms with Gasteiger partial charge < -0.3 is 18.6 Å². The van der Waals surface area contributed by atoms with E-state index < -0.39 is 18.2 Å². The molecule has 1 unspecified atom stereocenters. The average Bonchev–Trinajstić information content (AvgIpc) is 3.57. The fourth-order valence-corrected chi connectivity index (χ4v) is 4.30. The van der Waals surface area contributed by atoms with Crippen molar-refractivity contribution >= 4 is 5.91 Å². The molecule has 1 aliphatic rings. The second kappa shape index (κ2) is 9.14. The molecule has 0 bridgehead atoms. The van der Waals surface area contributed by atoms with Crippen LogP contribution < -0.4 is 4.74 Å². The Morgan fingerprint density at radius 2 is 1.92 bits per heavy atom. The zero-order chi connectivity index (χ0) is 25.4. The molecule has 11 heteroatoms. The molecule has 0 N–H and O–H groups in total. The van der Waals surface area contributed by atoms with Gasteiger partial charge in [0.2, 0.25) is 11.7 Å². The van der Waals surface area contributed by atoms with Crippen LogP contribution in [0.4, 0.5) is 13.2 Å². The Morgan fingerprint density at radius 3 is 2.69 bits per heavy atom. The normalized spacial score (nSPS) is 15.9. The molecule has 4 aromatic rings. The number of rotatable bonds is 5. The summed E-state index contributed by atoms with van der Waals surface area (Å²) < 4.78 is 53.8. The van der Waals surface area contributed by atoms with E-state index in [1.807, 2.05) is 31.2 Å². The minimum atomic E-state index is -4.87. The van der Waals surface area contributed by atoms with Gasteiger partial charge >= 0.3 is 6.36 Å². The standard InChI is InChI=1S/C25H21F3N4O4/c1-14-7-5-8-16(13-14)21-20(29-15(2)34-21)24(33)32-12-6-10-18(32)23-30-22(31-36-23)17-9-3-4-11-19(17)35-25(26,27)28/h3-5,7-9,11,13,18H,6,10,12H2,1-2H3. The first kappa shape index (κ1) is 23.6. The van der Waals surface area contributed by atoms with E-state index in [4.69, 9.17) is 8.94 Å². The number of hydrogen-bond acceptors (Lipinski definition) is 7. The van der Waals surface area contributed by atoms with E-state index in [1.54, 1.807) is 17.9 Å². The highest BCUT2D eigenvalue weighted by molar-refractivity contribution is 5.98. The van der Waals surface area contributed by atoms with E-state index >= 15 is 0 Å². The Balaban J connectivity index is 1.44. The Hall–Kier alpha value is -4.15. The van der Waals surface area contributed by atoms with E-state index in [0.29, 0.717) is 31.0 Å². The fourth-order valence-electron chi connectivity index (χ4n) is 4.30. The number of para-hydroxylation sites is 1. The molecule has 0 spiro atoms. The van der Waals surface area contributed by atoms with E-state index in [1.165, 1.54) is 18.2 Å². The first-order chi connectivity index (χ1) is 17.2. The number of amides is 1. The number of hydrogen-bond donors (Lipinski definition) is 0. The molecule has 8 nitrogen and oxygen atoms in total. The third-order valence-corrected chi connectivity index (χ3v) is 5.81. The van der Waals surface area contributed by atoms with Crippen molar-refractivity contribution in [3.63, 3.8) is 0 Å². The lowest BCUT2D eigenvalue weighted by Gasteiger charge is -2.21. The zero-order valence-electron chi connectivity index (χ0n) is 19.4. The number of aromatic nitrogens is 3. The number of alkyl halides is 3. The van der Waals surface area contributed by atoms with Gasteiger partial charge in [-0.3, -0.25) is 4.79 Å². The number of carbonyl (C=O) groups is 1. The molecular formula is C25H21F3N4O4. The minimum Gasteiger partial charge on any atom is -0.440 e. The second-order valence-corrected chi connectivity index (χ2v) is 8.44. The van der Waals surface area contributed by atoms with Gasteiger partial charge in [0, 0.05) is 19.0 Å². The first-order valence-corrected chi connectivity index (χ1v) is 11.2. The van der Waals surface area contributed by atoms with Crippen LogP contribution in [0.2, 0.25) is 0 Å². The Morgan fingerprint density at radius 1 is 1.11 bits per heavy atom. The number of halogens is 3. The summed E-state index contributed by atoms with van der Waals surface area (Å²) in [6.45, 7) is 4.03. The van der Waals surface area contributed by atoms with Crippen molar-refractivity contribution in [2.24, 2.45) is 0 Å². The summed E-state index contributed by atoms with van der Waals surface area (Å²) in [5, 5.41) is 3.86. The van der Waals surface area contributed by atoms with Gasteiger partial charge in [0.25, 0.3) is 5.91 Å². The lowest BCUT2D eigenvalue weighted by atomic mass is 10.1. The molecule has 1 atom stereocenters. The van der Waals surface area contributed by atoms with Crippen LogP contribution in [-0.4, -0.2) is 38.8 Å². The maximum absolute atomic E-state index is 13.6. The minimum absolute atomic E-state index is 0.0227. The molecule has 2 aromatic heterocycles. The van der Waals surface area contributed by atoms with Crippen molar-refractivity contribution < 1.29 is 31.6 Å². The van der Waals surface area contributed by atoms with E-state index in [-0.39, 0.29) is 28.9 Å². The lowest BCUT2D eigenvalue weighted by Crippen LogP contribution is -2.31. The summed E-state index contributed by atoms with van der Waals surface area (Å²) in [6.07, 6.45) is -3.65. The Bertz CT molecular complexity index is 1410. The van der Waals surface area contributed by atoms with Crippen molar-refractivity contribution in [2.75, 3.05) is 6.54 Å². The van der Waals surface area contributed by atoms with Crippen LogP contribution in [0.15, 0.2) is 57.5 Å². The first-order valence-electron chi connectivity index (χ1n) is 11.2. The quantitative estimate of drug-likeness (QED) is 0.339. The summed E-state index contributed by atoms with van der Waals surface area (Å²) in [4.78, 5) is 23.8. The monoisotopic (exact) mass is 498 g/mol. The summed E-state index contributed by atoms with van der Waals surface area (Å²) in [5.74, 6) is -0.0240. The van der Waals surface area contributed by atoms with Gasteiger partial charge in [-0.05, 0) is 38.0 Å². The fraction of sp³-hybridized carbons (Fsp3) is 0.280. The number of ether oxygens (including phenoxy) is 1. The zero-order valence-corrected chi connectivity index (χ0v) is 19.4. The Kier molecular flexibility index (Phi) is 5.99. The van der Waals surface area contributed by atoms with E-state index in [9.17, 15) is 18.0 Å². The molecule has 36 heavy (non-hydrogen) atoms. The molecule has 2 aromatic carbocycles. The third kappa shape index (κ3) is 4.68. The molecule has 186 valence electrons. The molecule has 0 radical (unpaired) electrons. The molecular weight excluding hydrogens is 477 g/mol. The van der Waals surface area contributed by atoms with Crippen LogP contribution in [0.1, 0.15) is 46.7 Å². The SMILES string of the molecule is Cc1cccc(-c2oc(C)nc2C(=O)N2CCCC2c2nc(-c3ccccc3OC(F)(F)F)no2)c1. The smallest absolute Gasteiger partial charge is 0.440 e. The molecule has 0 aliphatic carbocycles. The van der Waals surface area contributed by atoms with Crippen LogP contribution >= 0.6 is 0 Å². The largest absolute Gasteiger partial charge is 0.573 e. The molecule has 1 amide bonds. The van der Waals surface area contributed by atoms with Gasteiger partial charge in [0.15, 0.2) is 17.3 Å². The van der Waals surface area contributed by atoms with Crippen molar-refractivity contribution in [1.82, 2.24) is 20.0 Å². The predicted molar refractivity (Wildman–Crippen MR) is 121 cm³/mol. The summed E-state index contributed by atoms with van der Waals surface area (Å²) in [6, 6.07) is 12.5. The number of likely N-dealkylation sites (tertiary alicyclic amines) is 1. The van der Waals surface area contributed by atoms with E-state index in [0.717, 1.165) is 11.1 Å². The average molecular weight is 498 g/mol. The maximum Gasteiger partial charge on any atom is 0.573 e. The van der Waals surface area contributed by atoms with Gasteiger partial charge in [-0.15, -0.1) is 13.2 Å². The number of benzene rings is 2. The number of nitrogens with zero attached hydrogens (tertiary/aromatic N) is 4. The topological polar surface area (TPSA) is 94.5 Å². The van der Waals surface area contributed by atoms with Crippen LogP contribution in [0.3, 0.4) is 0 Å². The van der Waals surface area contributed by atoms with Gasteiger partial charge in [-0.1, -0.05) is 41.1 Å². The second-order valence-electron chi connectivity index (χ2n) is 8.44. The van der Waals surface area contributed by atoms with Crippen molar-refractivity contribution in [3.05, 3.63) is 71.6 Å². The highest BCUT2D eigenvalue weighted by Crippen LogP contribution is 2.37. The van der Waals surface area contributed by atoms with Crippen molar-refractivity contribution in [1.29, 1.82) is 0 Å². The van der Waals surface area contributed by atoms with Crippen LogP contribution in [0.25, 0.3) is 22.7 Å². The molecule has 5 rings (SSSR count). The van der Waals surface area contributed by atoms with Crippen LogP contribution in [-0.2, 0) is 0 Å². The number of carbonyl (C=O) groups excluding carboxylic acids is 1. The van der Waals surface area contributed by atoms with Crippen molar-refractivity contribution in [2.45, 2.75) is 39.1 Å². The lowest BCUT2D eigenvalue weighted by molar-refractivity contribution is -0.274. The summed E-state index contributed by atoms with van der Waals surface area (Å²) in [7, 11) is 0. The highest BCUT2D eigenvalue weighted by Gasteiger charge is 2.38. The molecule has 1 aliphatic heterocycles. The van der Waals surface area contributed by atoms with Gasteiger partial charge in [-0.25, -0.2) is 4.98 Å². The summed E-state index contributed by atoms with van der Waals surface area (Å²) in [5.41, 5.74) is 1.94. The van der Waals surface area contributed by atoms with Crippen LogP contribution in [0.5, 0.6) is 5.75 Å². The molecule has 3 heterocycles. The highest BCUT2D eigenvalue weighted by atomic mass is 19.4. The van der Waals surface area contributed by atoms with Crippen molar-refractivity contribution in [3.8, 4) is 28.5 Å². The summed E-state index contributed by atoms with van der Waals surface area (Å²) >= 11 is 0. The predicted octanol–water partition coefficient (Wildman–Crippen LogP) is 5.88. The van der Waals surface area contributed by atoms with Gasteiger partial charge in [0.1, 0.15) is 11.8 Å². The maximum atomic E-state index is 13.6. The molecule has 1 saturated heterocycles. The van der Waals surface area contributed by atoms with Crippen LogP contribution in [0, 0.1) is 13.8 Å². The number of oxazole rings is 1. The van der Waals surface area contributed by atoms with Gasteiger partial charge in [-0.2, -0.15) is 4.98 Å².